The quantitative estimate of drug-likeness (QED) is 0.691. The van der Waals surface area contributed by atoms with Crippen LogP contribution >= 0.6 is 27.3 Å². The molecule has 3 rings (SSSR count). The summed E-state index contributed by atoms with van der Waals surface area (Å²) in [6.45, 7) is 1.97. The highest BCUT2D eigenvalue weighted by Gasteiger charge is 2.18. The van der Waals surface area contributed by atoms with Crippen molar-refractivity contribution in [3.63, 3.8) is 0 Å². The second-order valence-corrected chi connectivity index (χ2v) is 5.90. The molecule has 0 aliphatic carbocycles. The van der Waals surface area contributed by atoms with Crippen LogP contribution in [0.1, 0.15) is 20.8 Å². The highest BCUT2D eigenvalue weighted by molar-refractivity contribution is 9.10. The summed E-state index contributed by atoms with van der Waals surface area (Å²) in [4.78, 5) is 16.5. The van der Waals surface area contributed by atoms with Crippen LogP contribution in [0, 0.1) is 6.92 Å². The summed E-state index contributed by atoms with van der Waals surface area (Å²) in [5.41, 5.74) is 2.73. The molecule has 90 valence electrons. The molecule has 4 heteroatoms. The third-order valence-electron chi connectivity index (χ3n) is 2.97. The van der Waals surface area contributed by atoms with Crippen molar-refractivity contribution in [3.05, 3.63) is 56.3 Å². The van der Waals surface area contributed by atoms with Gasteiger partial charge in [-0.05, 0) is 36.1 Å². The minimum atomic E-state index is 0.0839. The van der Waals surface area contributed by atoms with E-state index in [0.717, 1.165) is 31.4 Å². The second-order valence-electron chi connectivity index (χ2n) is 4.13. The summed E-state index contributed by atoms with van der Waals surface area (Å²) in [5, 5.41) is 2.90. The minimum absolute atomic E-state index is 0.0839. The van der Waals surface area contributed by atoms with E-state index in [2.05, 4.69) is 20.9 Å². The number of ketones is 1. The van der Waals surface area contributed by atoms with Crippen molar-refractivity contribution < 1.29 is 4.79 Å². The molecule has 0 saturated carbocycles. The van der Waals surface area contributed by atoms with E-state index < -0.39 is 0 Å². The van der Waals surface area contributed by atoms with Gasteiger partial charge in [0.2, 0.25) is 5.78 Å². The Morgan fingerprint density at radius 2 is 2.17 bits per heavy atom. The third kappa shape index (κ3) is 1.72. The van der Waals surface area contributed by atoms with Gasteiger partial charge in [0.15, 0.2) is 0 Å². The van der Waals surface area contributed by atoms with Gasteiger partial charge in [-0.1, -0.05) is 22.0 Å². The number of aromatic nitrogens is 1. The first-order valence-electron chi connectivity index (χ1n) is 5.53. The number of aromatic amines is 1. The van der Waals surface area contributed by atoms with Crippen LogP contribution in [-0.4, -0.2) is 10.8 Å². The zero-order valence-corrected chi connectivity index (χ0v) is 12.1. The Hall–Kier alpha value is -1.39. The van der Waals surface area contributed by atoms with Gasteiger partial charge in [-0.2, -0.15) is 0 Å². The smallest absolute Gasteiger partial charge is 0.205 e. The van der Waals surface area contributed by atoms with E-state index in [-0.39, 0.29) is 5.78 Å². The highest BCUT2D eigenvalue weighted by Crippen LogP contribution is 2.30. The van der Waals surface area contributed by atoms with Gasteiger partial charge in [0.05, 0.1) is 4.88 Å². The predicted octanol–water partition coefficient (Wildman–Crippen LogP) is 4.53. The van der Waals surface area contributed by atoms with Crippen LogP contribution in [0.5, 0.6) is 0 Å². The molecule has 0 atom stereocenters. The van der Waals surface area contributed by atoms with E-state index in [9.17, 15) is 4.79 Å². The molecule has 18 heavy (non-hydrogen) atoms. The fourth-order valence-electron chi connectivity index (χ4n) is 2.05. The number of rotatable bonds is 2. The molecular weight excluding hydrogens is 310 g/mol. The Balaban J connectivity index is 2.22. The molecule has 0 unspecified atom stereocenters. The topological polar surface area (TPSA) is 32.9 Å². The Morgan fingerprint density at radius 3 is 2.89 bits per heavy atom. The fraction of sp³-hybridized carbons (Fsp3) is 0.0714. The molecule has 2 aromatic heterocycles. The number of aryl methyl sites for hydroxylation is 1. The van der Waals surface area contributed by atoms with Crippen LogP contribution in [0.4, 0.5) is 0 Å². The maximum Gasteiger partial charge on any atom is 0.205 e. The number of carbonyl (C=O) groups excluding carboxylic acids is 1. The number of halogens is 1. The molecule has 3 aromatic rings. The van der Waals surface area contributed by atoms with E-state index in [0.29, 0.717) is 0 Å². The van der Waals surface area contributed by atoms with Crippen LogP contribution in [0.2, 0.25) is 0 Å². The minimum Gasteiger partial charge on any atom is -0.360 e. The van der Waals surface area contributed by atoms with E-state index in [1.807, 2.05) is 36.6 Å². The molecule has 1 N–H and O–H groups in total. The number of fused-ring (bicyclic) bond motifs is 1. The molecule has 0 spiro atoms. The first-order valence-corrected chi connectivity index (χ1v) is 7.20. The van der Waals surface area contributed by atoms with E-state index in [4.69, 9.17) is 0 Å². The molecule has 1 aromatic carbocycles. The second kappa shape index (κ2) is 4.37. The van der Waals surface area contributed by atoms with Crippen molar-refractivity contribution in [1.29, 1.82) is 0 Å². The molecule has 0 fully saturated rings. The monoisotopic (exact) mass is 319 g/mol. The Kier molecular flexibility index (Phi) is 2.84. The van der Waals surface area contributed by atoms with Gasteiger partial charge < -0.3 is 4.98 Å². The normalized spacial score (nSPS) is 11.0. The number of thiophene rings is 1. The van der Waals surface area contributed by atoms with Crippen molar-refractivity contribution >= 4 is 44.0 Å². The number of benzene rings is 1. The maximum atomic E-state index is 12.5. The number of carbonyl (C=O) groups is 1. The van der Waals surface area contributed by atoms with Gasteiger partial charge in [0.25, 0.3) is 0 Å². The van der Waals surface area contributed by atoms with E-state index in [1.54, 1.807) is 6.20 Å². The van der Waals surface area contributed by atoms with Gasteiger partial charge in [0.1, 0.15) is 0 Å². The van der Waals surface area contributed by atoms with Crippen LogP contribution in [0.25, 0.3) is 10.9 Å². The van der Waals surface area contributed by atoms with Gasteiger partial charge >= 0.3 is 0 Å². The van der Waals surface area contributed by atoms with Crippen molar-refractivity contribution in [3.8, 4) is 0 Å². The molecule has 0 radical (unpaired) electrons. The number of hydrogen-bond acceptors (Lipinski definition) is 2. The van der Waals surface area contributed by atoms with Crippen molar-refractivity contribution in [2.24, 2.45) is 0 Å². The summed E-state index contributed by atoms with van der Waals surface area (Å²) in [6, 6.07) is 7.85. The number of nitrogens with one attached hydrogen (secondary N) is 1. The SMILES string of the molecule is Cc1ccsc1C(=O)c1c[nH]c2cccc(Br)c12. The molecule has 0 aliphatic rings. The Bertz CT molecular complexity index is 741. The average Bonchev–Trinajstić information content (AvgIpc) is 2.95. The van der Waals surface area contributed by atoms with Crippen molar-refractivity contribution in [2.75, 3.05) is 0 Å². The van der Waals surface area contributed by atoms with E-state index >= 15 is 0 Å². The third-order valence-corrected chi connectivity index (χ3v) is 4.64. The van der Waals surface area contributed by atoms with Crippen molar-refractivity contribution in [1.82, 2.24) is 4.98 Å². The maximum absolute atomic E-state index is 12.5. The molecule has 2 heterocycles. The lowest BCUT2D eigenvalue weighted by Crippen LogP contribution is -1.99. The summed E-state index contributed by atoms with van der Waals surface area (Å²) in [7, 11) is 0. The fourth-order valence-corrected chi connectivity index (χ4v) is 3.51. The van der Waals surface area contributed by atoms with Crippen LogP contribution < -0.4 is 0 Å². The zero-order valence-electron chi connectivity index (χ0n) is 9.66. The summed E-state index contributed by atoms with van der Waals surface area (Å²) < 4.78 is 0.943. The molecule has 0 bridgehead atoms. The van der Waals surface area contributed by atoms with Crippen LogP contribution in [0.3, 0.4) is 0 Å². The lowest BCUT2D eigenvalue weighted by atomic mass is 10.1. The predicted molar refractivity (Wildman–Crippen MR) is 78.5 cm³/mol. The van der Waals surface area contributed by atoms with Crippen LogP contribution in [0.15, 0.2) is 40.3 Å². The van der Waals surface area contributed by atoms with Crippen molar-refractivity contribution in [2.45, 2.75) is 6.92 Å². The molecule has 0 saturated heterocycles. The number of hydrogen-bond donors (Lipinski definition) is 1. The Labute approximate surface area is 117 Å². The van der Waals surface area contributed by atoms with E-state index in [1.165, 1.54) is 11.3 Å². The molecule has 0 aliphatic heterocycles. The standard InChI is InChI=1S/C14H10BrNOS/c1-8-5-6-18-14(8)13(17)9-7-16-11-4-2-3-10(15)12(9)11/h2-7,16H,1H3. The van der Waals surface area contributed by atoms with Gasteiger partial charge in [-0.25, -0.2) is 0 Å². The summed E-state index contributed by atoms with van der Waals surface area (Å²) >= 11 is 5.00. The van der Waals surface area contributed by atoms with Gasteiger partial charge in [-0.3, -0.25) is 4.79 Å². The lowest BCUT2D eigenvalue weighted by Gasteiger charge is -2.00. The number of H-pyrrole nitrogens is 1. The lowest BCUT2D eigenvalue weighted by molar-refractivity contribution is 0.104. The summed E-state index contributed by atoms with van der Waals surface area (Å²) in [5.74, 6) is 0.0839. The van der Waals surface area contributed by atoms with Crippen LogP contribution in [-0.2, 0) is 0 Å². The average molecular weight is 320 g/mol. The highest BCUT2D eigenvalue weighted by atomic mass is 79.9. The van der Waals surface area contributed by atoms with Gasteiger partial charge in [0, 0.05) is 27.1 Å². The first-order chi connectivity index (χ1) is 8.68. The summed E-state index contributed by atoms with van der Waals surface area (Å²) in [6.07, 6.45) is 1.79. The first kappa shape index (κ1) is 11.7. The molecular formula is C14H10BrNOS. The largest absolute Gasteiger partial charge is 0.360 e. The Morgan fingerprint density at radius 1 is 1.33 bits per heavy atom. The zero-order chi connectivity index (χ0) is 12.7. The molecule has 0 amide bonds. The van der Waals surface area contributed by atoms with Gasteiger partial charge in [-0.15, -0.1) is 11.3 Å². The molecule has 2 nitrogen and oxygen atoms in total.